The largest absolute Gasteiger partial charge is 0.306 e. The maximum Gasteiger partial charge on any atom is 0.0629 e. The van der Waals surface area contributed by atoms with Crippen molar-refractivity contribution in [2.45, 2.75) is 78.6 Å². The third-order valence-corrected chi connectivity index (χ3v) is 18.3. The molecule has 0 aliphatic carbocycles. The molecule has 260 valence electrons. The molecule has 0 atom stereocenters. The van der Waals surface area contributed by atoms with Gasteiger partial charge >= 0.3 is 0 Å². The lowest BCUT2D eigenvalue weighted by Crippen LogP contribution is -2.51. The van der Waals surface area contributed by atoms with E-state index in [0.717, 1.165) is 0 Å². The SMILES string of the molecule is CC(C)(C)c1cc2c3c(c1)P(c1ccccc1)c1cc(C(C)(C)C)cc4c1N3c1c(cc(C(C)(C)C)cc1P4c1ccccc1)P2c1ccccc1. The van der Waals surface area contributed by atoms with Gasteiger partial charge in [0.25, 0.3) is 0 Å². The lowest BCUT2D eigenvalue weighted by molar-refractivity contribution is 0.591. The normalized spacial score (nSPS) is 18.6. The van der Waals surface area contributed by atoms with Crippen molar-refractivity contribution >= 4 is 88.6 Å². The quantitative estimate of drug-likeness (QED) is 0.164. The van der Waals surface area contributed by atoms with Gasteiger partial charge in [-0.1, -0.05) is 153 Å². The summed E-state index contributed by atoms with van der Waals surface area (Å²) < 4.78 is 0. The van der Waals surface area contributed by atoms with Gasteiger partial charge in [-0.05, 0) is 109 Å². The standard InChI is InChI=1S/C48H48NP3/c1-46(2,3)31-25-37-43-38(26-31)51(35-21-15-11-16-22-35)40-28-33(48(7,8)9)30-42-45(40)49(43)44-39(50(37)34-19-13-10-14-20-34)27-32(47(4,5)6)29-41(44)52(42)36-23-17-12-18-24-36/h10-30H,1-9H3. The summed E-state index contributed by atoms with van der Waals surface area (Å²) in [6.45, 7) is 21.5. The number of hydrogen-bond donors (Lipinski definition) is 0. The topological polar surface area (TPSA) is 3.24 Å². The molecule has 0 fully saturated rings. The Hall–Kier alpha value is -3.59. The highest BCUT2D eigenvalue weighted by Gasteiger charge is 2.48. The van der Waals surface area contributed by atoms with Crippen molar-refractivity contribution in [3.05, 3.63) is 144 Å². The lowest BCUT2D eigenvalue weighted by Gasteiger charge is -2.51. The summed E-state index contributed by atoms with van der Waals surface area (Å²) in [5, 5.41) is 13.4. The van der Waals surface area contributed by atoms with Gasteiger partial charge in [0.15, 0.2) is 0 Å². The molecule has 6 aromatic carbocycles. The molecule has 6 aromatic rings. The minimum atomic E-state index is -0.838. The molecule has 3 aliphatic heterocycles. The van der Waals surface area contributed by atoms with Crippen LogP contribution in [0.4, 0.5) is 17.1 Å². The number of benzene rings is 6. The van der Waals surface area contributed by atoms with Crippen LogP contribution in [-0.4, -0.2) is 0 Å². The zero-order chi connectivity index (χ0) is 36.3. The van der Waals surface area contributed by atoms with Gasteiger partial charge in [0.2, 0.25) is 0 Å². The van der Waals surface area contributed by atoms with E-state index < -0.39 is 23.8 Å². The van der Waals surface area contributed by atoms with Gasteiger partial charge in [0, 0.05) is 31.8 Å². The Balaban J connectivity index is 1.52. The first-order valence-corrected chi connectivity index (χ1v) is 22.7. The summed E-state index contributed by atoms with van der Waals surface area (Å²) in [5.74, 6) is 0. The molecule has 0 spiro atoms. The maximum atomic E-state index is 2.79. The van der Waals surface area contributed by atoms with Crippen LogP contribution in [0.5, 0.6) is 0 Å². The average Bonchev–Trinajstić information content (AvgIpc) is 3.11. The smallest absolute Gasteiger partial charge is 0.0629 e. The first-order chi connectivity index (χ1) is 24.7. The second-order valence-corrected chi connectivity index (χ2v) is 24.1. The number of rotatable bonds is 3. The lowest BCUT2D eigenvalue weighted by atomic mass is 9.86. The molecule has 3 heterocycles. The van der Waals surface area contributed by atoms with Crippen LogP contribution < -0.4 is 52.6 Å². The Bertz CT molecular complexity index is 2020. The summed E-state index contributed by atoms with van der Waals surface area (Å²) in [5.41, 5.74) is 8.67. The molecule has 0 amide bonds. The Morgan fingerprint density at radius 2 is 0.538 bits per heavy atom. The fourth-order valence-corrected chi connectivity index (χ4v) is 16.4. The first-order valence-electron chi connectivity index (χ1n) is 18.6. The van der Waals surface area contributed by atoms with Crippen molar-refractivity contribution in [3.8, 4) is 0 Å². The van der Waals surface area contributed by atoms with E-state index in [1.54, 1.807) is 0 Å². The molecular formula is C48H48NP3. The minimum Gasteiger partial charge on any atom is -0.306 e. The molecule has 0 N–H and O–H groups in total. The van der Waals surface area contributed by atoms with Gasteiger partial charge in [-0.25, -0.2) is 0 Å². The molecule has 3 aliphatic rings. The van der Waals surface area contributed by atoms with Crippen LogP contribution in [0.15, 0.2) is 127 Å². The van der Waals surface area contributed by atoms with Gasteiger partial charge in [-0.2, -0.15) is 0 Å². The zero-order valence-electron chi connectivity index (χ0n) is 31.9. The third kappa shape index (κ3) is 5.30. The van der Waals surface area contributed by atoms with Crippen LogP contribution in [0.2, 0.25) is 0 Å². The fourth-order valence-electron chi connectivity index (χ4n) is 8.11. The van der Waals surface area contributed by atoms with E-state index in [4.69, 9.17) is 0 Å². The van der Waals surface area contributed by atoms with Crippen molar-refractivity contribution in [1.29, 1.82) is 0 Å². The number of anilines is 3. The highest BCUT2D eigenvalue weighted by molar-refractivity contribution is 7.84. The van der Waals surface area contributed by atoms with Crippen molar-refractivity contribution in [2.75, 3.05) is 4.90 Å². The number of hydrogen-bond acceptors (Lipinski definition) is 1. The number of nitrogens with zero attached hydrogens (tertiary/aromatic N) is 1. The summed E-state index contributed by atoms with van der Waals surface area (Å²) in [4.78, 5) is 2.79. The van der Waals surface area contributed by atoms with Crippen molar-refractivity contribution in [1.82, 2.24) is 0 Å². The highest BCUT2D eigenvalue weighted by Crippen LogP contribution is 2.60. The van der Waals surface area contributed by atoms with Crippen LogP contribution in [0.25, 0.3) is 0 Å². The van der Waals surface area contributed by atoms with E-state index in [1.807, 2.05) is 0 Å². The molecule has 1 nitrogen and oxygen atoms in total. The minimum absolute atomic E-state index is 0.00182. The second-order valence-electron chi connectivity index (χ2n) is 17.7. The van der Waals surface area contributed by atoms with E-state index in [-0.39, 0.29) is 16.2 Å². The zero-order valence-corrected chi connectivity index (χ0v) is 34.6. The van der Waals surface area contributed by atoms with Crippen LogP contribution in [0.1, 0.15) is 79.0 Å². The summed E-state index contributed by atoms with van der Waals surface area (Å²) in [6.07, 6.45) is 0. The molecule has 0 aromatic heterocycles. The van der Waals surface area contributed by atoms with Crippen molar-refractivity contribution in [3.63, 3.8) is 0 Å². The molecule has 9 rings (SSSR count). The van der Waals surface area contributed by atoms with Gasteiger partial charge in [0.1, 0.15) is 0 Å². The van der Waals surface area contributed by atoms with Gasteiger partial charge < -0.3 is 4.90 Å². The third-order valence-electron chi connectivity index (χ3n) is 11.0. The monoisotopic (exact) mass is 731 g/mol. The first kappa shape index (κ1) is 34.2. The predicted molar refractivity (Wildman–Crippen MR) is 234 cm³/mol. The van der Waals surface area contributed by atoms with Gasteiger partial charge in [-0.3, -0.25) is 0 Å². The molecule has 0 saturated carbocycles. The van der Waals surface area contributed by atoms with Gasteiger partial charge in [-0.15, -0.1) is 0 Å². The summed E-state index contributed by atoms with van der Waals surface area (Å²) in [7, 11) is -2.51. The molecule has 0 bridgehead atoms. The summed E-state index contributed by atoms with van der Waals surface area (Å²) in [6, 6.07) is 50.1. The molecule has 0 radical (unpaired) electrons. The molecule has 0 unspecified atom stereocenters. The molecule has 0 saturated heterocycles. The molecular weight excluding hydrogens is 683 g/mol. The van der Waals surface area contributed by atoms with Crippen LogP contribution >= 0.6 is 23.8 Å². The summed E-state index contributed by atoms with van der Waals surface area (Å²) >= 11 is 0. The highest BCUT2D eigenvalue weighted by atomic mass is 31.1. The fraction of sp³-hybridized carbons (Fsp3) is 0.250. The van der Waals surface area contributed by atoms with E-state index in [1.165, 1.54) is 81.5 Å². The Morgan fingerprint density at radius 3 is 0.731 bits per heavy atom. The van der Waals surface area contributed by atoms with E-state index in [9.17, 15) is 0 Å². The van der Waals surface area contributed by atoms with E-state index in [0.29, 0.717) is 0 Å². The molecule has 4 heteroatoms. The maximum absolute atomic E-state index is 2.79. The predicted octanol–water partition coefficient (Wildman–Crippen LogP) is 9.26. The van der Waals surface area contributed by atoms with Crippen LogP contribution in [-0.2, 0) is 16.2 Å². The van der Waals surface area contributed by atoms with Crippen molar-refractivity contribution in [2.24, 2.45) is 0 Å². The Morgan fingerprint density at radius 1 is 0.327 bits per heavy atom. The van der Waals surface area contributed by atoms with E-state index in [2.05, 4.69) is 195 Å². The van der Waals surface area contributed by atoms with E-state index >= 15 is 0 Å². The average molecular weight is 732 g/mol. The Kier molecular flexibility index (Phi) is 7.86. The van der Waals surface area contributed by atoms with Crippen LogP contribution in [0, 0.1) is 0 Å². The van der Waals surface area contributed by atoms with Crippen LogP contribution in [0.3, 0.4) is 0 Å². The van der Waals surface area contributed by atoms with Gasteiger partial charge in [0.05, 0.1) is 17.1 Å². The molecule has 52 heavy (non-hydrogen) atoms. The second kappa shape index (κ2) is 12.0. The Labute approximate surface area is 314 Å². The van der Waals surface area contributed by atoms with Crippen molar-refractivity contribution < 1.29 is 0 Å².